The fraction of sp³-hybridized carbons (Fsp3) is 0.111. The van der Waals surface area contributed by atoms with Crippen LogP contribution in [-0.4, -0.2) is 12.1 Å². The van der Waals surface area contributed by atoms with Crippen LogP contribution in [0.15, 0.2) is 12.1 Å². The van der Waals surface area contributed by atoms with Crippen LogP contribution in [0.1, 0.15) is 27.6 Å². The Morgan fingerprint density at radius 1 is 1.54 bits per heavy atom. The van der Waals surface area contributed by atoms with E-state index in [4.69, 9.17) is 11.6 Å². The Labute approximate surface area is 79.3 Å². The first kappa shape index (κ1) is 9.86. The standard InChI is InChI=1S/C9H6ClFO2/c1-5(13)7-3-8(10)6(4-12)2-9(7)11/h2-4H,1H3. The van der Waals surface area contributed by atoms with Crippen LogP contribution in [0.5, 0.6) is 0 Å². The molecule has 13 heavy (non-hydrogen) atoms. The Bertz CT molecular complexity index is 374. The third kappa shape index (κ3) is 1.92. The van der Waals surface area contributed by atoms with Crippen LogP contribution in [0.3, 0.4) is 0 Å². The molecule has 0 spiro atoms. The van der Waals surface area contributed by atoms with Gasteiger partial charge in [0.25, 0.3) is 0 Å². The van der Waals surface area contributed by atoms with Crippen molar-refractivity contribution in [2.45, 2.75) is 6.92 Å². The van der Waals surface area contributed by atoms with Crippen LogP contribution < -0.4 is 0 Å². The Morgan fingerprint density at radius 2 is 2.15 bits per heavy atom. The fourth-order valence-corrected chi connectivity index (χ4v) is 1.13. The molecule has 0 N–H and O–H groups in total. The molecule has 1 rings (SSSR count). The lowest BCUT2D eigenvalue weighted by molar-refractivity contribution is 0.101. The molecule has 4 heteroatoms. The lowest BCUT2D eigenvalue weighted by Crippen LogP contribution is -1.98. The second-order valence-corrected chi connectivity index (χ2v) is 2.93. The van der Waals surface area contributed by atoms with E-state index in [1.807, 2.05) is 0 Å². The Kier molecular flexibility index (Phi) is 2.78. The highest BCUT2D eigenvalue weighted by Gasteiger charge is 2.10. The Hall–Kier alpha value is -1.22. The van der Waals surface area contributed by atoms with Crippen LogP contribution in [0.4, 0.5) is 4.39 Å². The van der Waals surface area contributed by atoms with E-state index < -0.39 is 11.6 Å². The van der Waals surface area contributed by atoms with Crippen molar-refractivity contribution in [3.05, 3.63) is 34.1 Å². The van der Waals surface area contributed by atoms with Crippen molar-refractivity contribution >= 4 is 23.7 Å². The number of aldehydes is 1. The molecule has 0 fully saturated rings. The zero-order valence-corrected chi connectivity index (χ0v) is 7.56. The molecular weight excluding hydrogens is 195 g/mol. The van der Waals surface area contributed by atoms with Crippen molar-refractivity contribution in [2.24, 2.45) is 0 Å². The van der Waals surface area contributed by atoms with Gasteiger partial charge in [0, 0.05) is 5.56 Å². The molecule has 0 heterocycles. The van der Waals surface area contributed by atoms with Gasteiger partial charge in [-0.2, -0.15) is 0 Å². The number of carbonyl (C=O) groups excluding carboxylic acids is 2. The van der Waals surface area contributed by atoms with Crippen molar-refractivity contribution in [1.29, 1.82) is 0 Å². The smallest absolute Gasteiger partial charge is 0.162 e. The predicted molar refractivity (Wildman–Crippen MR) is 46.8 cm³/mol. The minimum Gasteiger partial charge on any atom is -0.298 e. The highest BCUT2D eigenvalue weighted by atomic mass is 35.5. The van der Waals surface area contributed by atoms with Crippen LogP contribution >= 0.6 is 11.6 Å². The molecule has 0 aliphatic heterocycles. The SMILES string of the molecule is CC(=O)c1cc(Cl)c(C=O)cc1F. The van der Waals surface area contributed by atoms with Gasteiger partial charge in [0.15, 0.2) is 12.1 Å². The number of hydrogen-bond donors (Lipinski definition) is 0. The molecule has 0 aliphatic carbocycles. The van der Waals surface area contributed by atoms with Crippen LogP contribution in [0.25, 0.3) is 0 Å². The first-order valence-corrected chi connectivity index (χ1v) is 3.89. The average Bonchev–Trinajstić information content (AvgIpc) is 2.07. The van der Waals surface area contributed by atoms with Gasteiger partial charge in [0.1, 0.15) is 5.82 Å². The average molecular weight is 201 g/mol. The molecular formula is C9H6ClFO2. The molecule has 0 bridgehead atoms. The summed E-state index contributed by atoms with van der Waals surface area (Å²) in [5, 5.41) is 0.0848. The van der Waals surface area contributed by atoms with E-state index in [9.17, 15) is 14.0 Å². The lowest BCUT2D eigenvalue weighted by atomic mass is 10.1. The fourth-order valence-electron chi connectivity index (χ4n) is 0.922. The molecule has 0 saturated carbocycles. The van der Waals surface area contributed by atoms with Crippen molar-refractivity contribution in [3.8, 4) is 0 Å². The molecule has 68 valence electrons. The number of halogens is 2. The predicted octanol–water partition coefficient (Wildman–Crippen LogP) is 2.49. The maximum Gasteiger partial charge on any atom is 0.162 e. The zero-order valence-electron chi connectivity index (χ0n) is 6.80. The summed E-state index contributed by atoms with van der Waals surface area (Å²) in [6, 6.07) is 2.11. The zero-order chi connectivity index (χ0) is 10.0. The number of ketones is 1. The summed E-state index contributed by atoms with van der Waals surface area (Å²) in [7, 11) is 0. The van der Waals surface area contributed by atoms with Crippen LogP contribution in [0.2, 0.25) is 5.02 Å². The summed E-state index contributed by atoms with van der Waals surface area (Å²) in [4.78, 5) is 21.2. The number of hydrogen-bond acceptors (Lipinski definition) is 2. The highest BCUT2D eigenvalue weighted by molar-refractivity contribution is 6.33. The van der Waals surface area contributed by atoms with Gasteiger partial charge in [-0.1, -0.05) is 11.6 Å². The third-order valence-corrected chi connectivity index (χ3v) is 1.92. The van der Waals surface area contributed by atoms with Gasteiger partial charge in [0.05, 0.1) is 10.6 Å². The number of benzene rings is 1. The van der Waals surface area contributed by atoms with Gasteiger partial charge in [0.2, 0.25) is 0 Å². The summed E-state index contributed by atoms with van der Waals surface area (Å²) in [5.41, 5.74) is -0.0558. The number of carbonyl (C=O) groups is 2. The van der Waals surface area contributed by atoms with Gasteiger partial charge >= 0.3 is 0 Å². The Morgan fingerprint density at radius 3 is 2.62 bits per heavy atom. The lowest BCUT2D eigenvalue weighted by Gasteiger charge is -2.01. The number of rotatable bonds is 2. The molecule has 0 unspecified atom stereocenters. The van der Waals surface area contributed by atoms with E-state index in [0.717, 1.165) is 12.1 Å². The van der Waals surface area contributed by atoms with E-state index in [2.05, 4.69) is 0 Å². The summed E-state index contributed by atoms with van der Waals surface area (Å²) in [5.74, 6) is -1.14. The van der Waals surface area contributed by atoms with Crippen molar-refractivity contribution in [2.75, 3.05) is 0 Å². The summed E-state index contributed by atoms with van der Waals surface area (Å²) in [6.07, 6.45) is 0.440. The second kappa shape index (κ2) is 3.66. The second-order valence-electron chi connectivity index (χ2n) is 2.53. The molecule has 2 nitrogen and oxygen atoms in total. The third-order valence-electron chi connectivity index (χ3n) is 1.59. The molecule has 0 aliphatic rings. The van der Waals surface area contributed by atoms with Crippen molar-refractivity contribution in [3.63, 3.8) is 0 Å². The quantitative estimate of drug-likeness (QED) is 0.543. The first-order chi connectivity index (χ1) is 6.06. The normalized spacial score (nSPS) is 9.77. The number of Topliss-reactive ketones (excluding diaryl/α,β-unsaturated/α-hetero) is 1. The van der Waals surface area contributed by atoms with Gasteiger partial charge < -0.3 is 0 Å². The molecule has 0 radical (unpaired) electrons. The molecule has 0 amide bonds. The summed E-state index contributed by atoms with van der Waals surface area (Å²) < 4.78 is 13.0. The largest absolute Gasteiger partial charge is 0.298 e. The summed E-state index contributed by atoms with van der Waals surface area (Å²) in [6.45, 7) is 1.23. The minimum absolute atomic E-state index is 0.0455. The summed E-state index contributed by atoms with van der Waals surface area (Å²) >= 11 is 5.60. The van der Waals surface area contributed by atoms with Gasteiger partial charge in [-0.15, -0.1) is 0 Å². The highest BCUT2D eigenvalue weighted by Crippen LogP contribution is 2.19. The van der Waals surface area contributed by atoms with Crippen molar-refractivity contribution in [1.82, 2.24) is 0 Å². The van der Waals surface area contributed by atoms with E-state index in [0.29, 0.717) is 6.29 Å². The minimum atomic E-state index is -0.723. The van der Waals surface area contributed by atoms with Crippen molar-refractivity contribution < 1.29 is 14.0 Å². The van der Waals surface area contributed by atoms with E-state index >= 15 is 0 Å². The molecule has 1 aromatic rings. The topological polar surface area (TPSA) is 34.1 Å². The molecule has 1 aromatic carbocycles. The van der Waals surface area contributed by atoms with Crippen LogP contribution in [-0.2, 0) is 0 Å². The van der Waals surface area contributed by atoms with E-state index in [1.54, 1.807) is 0 Å². The molecule has 0 aromatic heterocycles. The van der Waals surface area contributed by atoms with Gasteiger partial charge in [-0.3, -0.25) is 9.59 Å². The van der Waals surface area contributed by atoms with E-state index in [-0.39, 0.29) is 16.1 Å². The molecule has 0 saturated heterocycles. The Balaban J connectivity index is 3.36. The van der Waals surface area contributed by atoms with Gasteiger partial charge in [-0.05, 0) is 19.1 Å². The maximum absolute atomic E-state index is 13.0. The monoisotopic (exact) mass is 200 g/mol. The maximum atomic E-state index is 13.0. The van der Waals surface area contributed by atoms with E-state index in [1.165, 1.54) is 6.92 Å². The van der Waals surface area contributed by atoms with Crippen LogP contribution in [0, 0.1) is 5.82 Å². The molecule has 0 atom stereocenters. The van der Waals surface area contributed by atoms with Gasteiger partial charge in [-0.25, -0.2) is 4.39 Å². The first-order valence-electron chi connectivity index (χ1n) is 3.51.